The Balaban J connectivity index is 3.53. The third kappa shape index (κ3) is 8.10. The fourth-order valence-electron chi connectivity index (χ4n) is 0.510. The van der Waals surface area contributed by atoms with Crippen LogP contribution in [0.15, 0.2) is 0 Å². The minimum Gasteiger partial charge on any atom is -0.336 e. The van der Waals surface area contributed by atoms with Crippen molar-refractivity contribution in [3.05, 3.63) is 0 Å². The molecule has 0 saturated carbocycles. The van der Waals surface area contributed by atoms with Gasteiger partial charge in [-0.25, -0.2) is 4.79 Å². The number of carbonyl (C=O) groups is 1. The van der Waals surface area contributed by atoms with Crippen LogP contribution in [0.2, 0.25) is 0 Å². The predicted octanol–water partition coefficient (Wildman–Crippen LogP) is 0.583. The highest BCUT2D eigenvalue weighted by molar-refractivity contribution is 7.85. The summed E-state index contributed by atoms with van der Waals surface area (Å²) in [5.41, 5.74) is 0. The van der Waals surface area contributed by atoms with E-state index in [4.69, 9.17) is 28.1 Å². The molecule has 78 valence electrons. The number of nitrogens with zero attached hydrogens (tertiary/aromatic N) is 1. The Morgan fingerprint density at radius 3 is 2.38 bits per heavy atom. The number of halogens is 2. The number of carbonyl (C=O) groups excluding carboxylic acids is 1. The molecule has 0 aliphatic carbocycles. The number of nitrogens with one attached hydrogen (secondary N) is 1. The smallest absolute Gasteiger partial charge is 0.336 e. The molecular weight excluding hydrogens is 243 g/mol. The van der Waals surface area contributed by atoms with E-state index in [1.165, 1.54) is 0 Å². The quantitative estimate of drug-likeness (QED) is 0.434. The zero-order valence-corrected chi connectivity index (χ0v) is 8.73. The van der Waals surface area contributed by atoms with Crippen molar-refractivity contribution in [1.82, 2.24) is 9.25 Å². The molecule has 0 aromatic rings. The molecule has 13 heavy (non-hydrogen) atoms. The molecule has 0 rings (SSSR count). The van der Waals surface area contributed by atoms with Crippen LogP contribution in [0.25, 0.3) is 0 Å². The lowest BCUT2D eigenvalue weighted by molar-refractivity contribution is 0.236. The maximum Gasteiger partial charge on any atom is 0.347 e. The summed E-state index contributed by atoms with van der Waals surface area (Å²) in [7, 11) is -3.97. The van der Waals surface area contributed by atoms with Gasteiger partial charge in [0.1, 0.15) is 0 Å². The lowest BCUT2D eigenvalue weighted by atomic mass is 10.5. The van der Waals surface area contributed by atoms with E-state index in [1.54, 1.807) is 0 Å². The van der Waals surface area contributed by atoms with Crippen LogP contribution in [0.4, 0.5) is 4.79 Å². The van der Waals surface area contributed by atoms with E-state index < -0.39 is 21.9 Å². The molecule has 0 bridgehead atoms. The molecule has 0 heterocycles. The Hall–Kier alpha value is -0.240. The van der Waals surface area contributed by atoms with E-state index in [-0.39, 0.29) is 16.9 Å². The molecule has 2 amide bonds. The van der Waals surface area contributed by atoms with Crippen LogP contribution < -0.4 is 5.32 Å². The molecule has 2 N–H and O–H groups in total. The van der Waals surface area contributed by atoms with Crippen LogP contribution in [0, 0.1) is 0 Å². The molecule has 6 nitrogen and oxygen atoms in total. The normalized spacial score (nSPS) is 11.0. The largest absolute Gasteiger partial charge is 0.347 e. The van der Waals surface area contributed by atoms with Gasteiger partial charge in [0.25, 0.3) is 10.1 Å². The van der Waals surface area contributed by atoms with Crippen molar-refractivity contribution in [2.75, 3.05) is 12.3 Å². The second-order valence-corrected chi connectivity index (χ2v) is 4.53. The molecule has 0 fully saturated rings. The Bertz CT molecular complexity index is 265. The van der Waals surface area contributed by atoms with E-state index in [0.717, 1.165) is 0 Å². The Kier molecular flexibility index (Phi) is 5.38. The molecule has 0 saturated heterocycles. The van der Waals surface area contributed by atoms with Gasteiger partial charge in [-0.2, -0.15) is 8.42 Å². The Labute approximate surface area is 85.8 Å². The number of rotatable bonds is 4. The second-order valence-electron chi connectivity index (χ2n) is 2.10. The van der Waals surface area contributed by atoms with Gasteiger partial charge in [0, 0.05) is 30.1 Å². The van der Waals surface area contributed by atoms with Gasteiger partial charge in [-0.3, -0.25) is 4.55 Å². The fourth-order valence-corrected chi connectivity index (χ4v) is 1.14. The molecule has 0 radical (unpaired) electrons. The summed E-state index contributed by atoms with van der Waals surface area (Å²) in [6, 6.07) is -0.751. The van der Waals surface area contributed by atoms with Crippen LogP contribution in [0.1, 0.15) is 6.42 Å². The van der Waals surface area contributed by atoms with Gasteiger partial charge < -0.3 is 5.32 Å². The third-order valence-corrected chi connectivity index (χ3v) is 2.12. The molecule has 0 atom stereocenters. The first-order valence-electron chi connectivity index (χ1n) is 3.17. The topological polar surface area (TPSA) is 86.7 Å². The van der Waals surface area contributed by atoms with Crippen molar-refractivity contribution >= 4 is 39.7 Å². The highest BCUT2D eigenvalue weighted by atomic mass is 35.5. The lowest BCUT2D eigenvalue weighted by Gasteiger charge is -2.05. The van der Waals surface area contributed by atoms with Crippen molar-refractivity contribution in [2.24, 2.45) is 0 Å². The number of amides is 2. The van der Waals surface area contributed by atoms with E-state index >= 15 is 0 Å². The molecule has 0 aliphatic rings. The number of urea groups is 1. The first-order valence-corrected chi connectivity index (χ1v) is 5.46. The summed E-state index contributed by atoms with van der Waals surface area (Å²) in [5, 5.41) is 2.20. The molecule has 0 unspecified atom stereocenters. The van der Waals surface area contributed by atoms with Crippen LogP contribution in [0.5, 0.6) is 0 Å². The maximum atomic E-state index is 10.6. The third-order valence-electron chi connectivity index (χ3n) is 1.01. The van der Waals surface area contributed by atoms with Crippen molar-refractivity contribution in [3.8, 4) is 0 Å². The summed E-state index contributed by atoms with van der Waals surface area (Å²) < 4.78 is 29.0. The van der Waals surface area contributed by atoms with Gasteiger partial charge in [0.05, 0.1) is 5.75 Å². The van der Waals surface area contributed by atoms with Gasteiger partial charge >= 0.3 is 6.03 Å². The van der Waals surface area contributed by atoms with Crippen LogP contribution >= 0.6 is 23.6 Å². The fraction of sp³-hybridized carbons (Fsp3) is 0.750. The van der Waals surface area contributed by atoms with Crippen molar-refractivity contribution in [2.45, 2.75) is 6.42 Å². The van der Waals surface area contributed by atoms with Crippen LogP contribution in [-0.4, -0.2) is 35.2 Å². The molecule has 9 heteroatoms. The lowest BCUT2D eigenvalue weighted by Crippen LogP contribution is -2.30. The minimum absolute atomic E-state index is 0.0641. The standard InChI is InChI=1S/C4H8Cl2N2O4S/c5-8(6)4(9)7-2-1-3-13(10,11)12/h1-3H2,(H,7,9)(H,10,11,12). The first-order chi connectivity index (χ1) is 5.83. The summed E-state index contributed by atoms with van der Waals surface area (Å²) in [5.74, 6) is -0.419. The number of hydrogen-bond donors (Lipinski definition) is 2. The van der Waals surface area contributed by atoms with Gasteiger partial charge in [0.15, 0.2) is 0 Å². The SMILES string of the molecule is O=C(NCCCS(=O)(=O)O)N(Cl)Cl. The van der Waals surface area contributed by atoms with Crippen LogP contribution in [0.3, 0.4) is 0 Å². The van der Waals surface area contributed by atoms with Crippen LogP contribution in [-0.2, 0) is 10.1 Å². The van der Waals surface area contributed by atoms with Crippen molar-refractivity contribution < 1.29 is 17.8 Å². The Morgan fingerprint density at radius 2 is 2.00 bits per heavy atom. The summed E-state index contributed by atoms with van der Waals surface area (Å²) in [6.07, 6.45) is 0.0895. The van der Waals surface area contributed by atoms with E-state index in [1.807, 2.05) is 0 Å². The highest BCUT2D eigenvalue weighted by Gasteiger charge is 2.08. The van der Waals surface area contributed by atoms with Gasteiger partial charge in [-0.05, 0) is 6.42 Å². The number of hydrogen-bond acceptors (Lipinski definition) is 3. The monoisotopic (exact) mass is 250 g/mol. The van der Waals surface area contributed by atoms with E-state index in [9.17, 15) is 13.2 Å². The van der Waals surface area contributed by atoms with Gasteiger partial charge in [-0.1, -0.05) is 0 Å². The van der Waals surface area contributed by atoms with Gasteiger partial charge in [0.2, 0.25) is 0 Å². The zero-order chi connectivity index (χ0) is 10.5. The molecule has 0 aromatic carbocycles. The molecule has 0 spiro atoms. The maximum absolute atomic E-state index is 10.6. The minimum atomic E-state index is -3.97. The highest BCUT2D eigenvalue weighted by Crippen LogP contribution is 1.98. The summed E-state index contributed by atoms with van der Waals surface area (Å²) >= 11 is 10.0. The average molecular weight is 251 g/mol. The van der Waals surface area contributed by atoms with E-state index in [2.05, 4.69) is 5.32 Å². The van der Waals surface area contributed by atoms with Gasteiger partial charge in [-0.15, -0.1) is 3.94 Å². The first kappa shape index (κ1) is 12.8. The van der Waals surface area contributed by atoms with Crippen molar-refractivity contribution in [1.29, 1.82) is 0 Å². The predicted molar refractivity (Wildman–Crippen MR) is 48.0 cm³/mol. The second kappa shape index (κ2) is 5.48. The average Bonchev–Trinajstić information content (AvgIpc) is 1.95. The summed E-state index contributed by atoms with van der Waals surface area (Å²) in [6.45, 7) is 0.0641. The molecule has 0 aliphatic heterocycles. The van der Waals surface area contributed by atoms with Crippen molar-refractivity contribution in [3.63, 3.8) is 0 Å². The zero-order valence-electron chi connectivity index (χ0n) is 6.40. The Morgan fingerprint density at radius 1 is 1.46 bits per heavy atom. The molecule has 0 aromatic heterocycles. The molecular formula is C4H8Cl2N2O4S. The summed E-state index contributed by atoms with van der Waals surface area (Å²) in [4.78, 5) is 10.6. The van der Waals surface area contributed by atoms with E-state index in [0.29, 0.717) is 0 Å².